The lowest BCUT2D eigenvalue weighted by Gasteiger charge is -2.44. The van der Waals surface area contributed by atoms with E-state index in [1.165, 1.54) is 18.9 Å². The first kappa shape index (κ1) is 14.7. The van der Waals surface area contributed by atoms with Crippen molar-refractivity contribution in [2.45, 2.75) is 39.5 Å². The highest BCUT2D eigenvalue weighted by Gasteiger charge is 2.61. The Morgan fingerprint density at radius 2 is 2.00 bits per heavy atom. The Hall–Kier alpha value is -0.320. The molecule has 0 aromatic heterocycles. The lowest BCUT2D eigenvalue weighted by Crippen LogP contribution is -2.54. The molecule has 5 heteroatoms. The standard InChI is InChI=1S/C12H20F2O2S/c1-10(2,3)7-11(9(15)16-4)5-6-17-8-12(11,13)14/h5-8H2,1-4H3. The van der Waals surface area contributed by atoms with Crippen LogP contribution in [0.3, 0.4) is 0 Å². The smallest absolute Gasteiger partial charge is 0.318 e. The van der Waals surface area contributed by atoms with Crippen LogP contribution in [0.15, 0.2) is 0 Å². The van der Waals surface area contributed by atoms with E-state index in [0.29, 0.717) is 5.75 Å². The molecule has 0 N–H and O–H groups in total. The summed E-state index contributed by atoms with van der Waals surface area (Å²) in [5.74, 6) is -3.47. The molecular formula is C12H20F2O2S. The molecular weight excluding hydrogens is 246 g/mol. The third-order valence-corrected chi connectivity index (χ3v) is 4.12. The number of carbonyl (C=O) groups is 1. The number of rotatable bonds is 2. The Kier molecular flexibility index (Phi) is 4.12. The van der Waals surface area contributed by atoms with Crippen LogP contribution in [0.5, 0.6) is 0 Å². The minimum absolute atomic E-state index is 0.153. The van der Waals surface area contributed by atoms with Crippen molar-refractivity contribution in [3.8, 4) is 0 Å². The third kappa shape index (κ3) is 2.92. The molecule has 0 aliphatic carbocycles. The number of esters is 1. The molecule has 1 rings (SSSR count). The quantitative estimate of drug-likeness (QED) is 0.717. The van der Waals surface area contributed by atoms with E-state index in [1.807, 2.05) is 20.8 Å². The summed E-state index contributed by atoms with van der Waals surface area (Å²) in [5, 5.41) is 0. The van der Waals surface area contributed by atoms with Gasteiger partial charge in [0.2, 0.25) is 0 Å². The number of carbonyl (C=O) groups excluding carboxylic acids is 1. The van der Waals surface area contributed by atoms with E-state index >= 15 is 0 Å². The molecule has 1 fully saturated rings. The summed E-state index contributed by atoms with van der Waals surface area (Å²) >= 11 is 1.20. The van der Waals surface area contributed by atoms with Crippen molar-refractivity contribution < 1.29 is 18.3 Å². The van der Waals surface area contributed by atoms with Crippen LogP contribution < -0.4 is 0 Å². The average Bonchev–Trinajstić information content (AvgIpc) is 2.18. The molecule has 0 spiro atoms. The Bertz CT molecular complexity index is 299. The van der Waals surface area contributed by atoms with Gasteiger partial charge in [-0.15, -0.1) is 0 Å². The molecule has 1 unspecified atom stereocenters. The van der Waals surface area contributed by atoms with E-state index in [4.69, 9.17) is 0 Å². The van der Waals surface area contributed by atoms with E-state index in [2.05, 4.69) is 4.74 Å². The number of halogens is 2. The number of alkyl halides is 2. The van der Waals surface area contributed by atoms with E-state index in [9.17, 15) is 13.6 Å². The fourth-order valence-corrected chi connectivity index (χ4v) is 3.58. The van der Waals surface area contributed by atoms with Gasteiger partial charge in [0.25, 0.3) is 5.92 Å². The Morgan fingerprint density at radius 1 is 1.41 bits per heavy atom. The topological polar surface area (TPSA) is 26.3 Å². The fraction of sp³-hybridized carbons (Fsp3) is 0.917. The second-order valence-corrected chi connectivity index (χ2v) is 6.92. The van der Waals surface area contributed by atoms with Crippen LogP contribution in [-0.2, 0) is 9.53 Å². The maximum atomic E-state index is 14.2. The maximum absolute atomic E-state index is 14.2. The number of ether oxygens (including phenoxy) is 1. The van der Waals surface area contributed by atoms with E-state index in [0.717, 1.165) is 0 Å². The summed E-state index contributed by atoms with van der Waals surface area (Å²) in [6.45, 7) is 5.61. The van der Waals surface area contributed by atoms with Crippen LogP contribution in [0, 0.1) is 10.8 Å². The molecule has 1 aliphatic rings. The number of thioether (sulfide) groups is 1. The van der Waals surface area contributed by atoms with Gasteiger partial charge in [-0.3, -0.25) is 4.79 Å². The van der Waals surface area contributed by atoms with Gasteiger partial charge in [0.1, 0.15) is 5.41 Å². The SMILES string of the molecule is COC(=O)C1(CC(C)(C)C)CCSCC1(F)F. The van der Waals surface area contributed by atoms with Crippen molar-refractivity contribution >= 4 is 17.7 Å². The van der Waals surface area contributed by atoms with E-state index in [-0.39, 0.29) is 24.0 Å². The molecule has 17 heavy (non-hydrogen) atoms. The van der Waals surface area contributed by atoms with Gasteiger partial charge in [-0.05, 0) is 24.0 Å². The average molecular weight is 266 g/mol. The molecule has 1 heterocycles. The monoisotopic (exact) mass is 266 g/mol. The zero-order chi connectivity index (χ0) is 13.3. The molecule has 0 aromatic carbocycles. The highest BCUT2D eigenvalue weighted by atomic mass is 32.2. The molecule has 2 nitrogen and oxygen atoms in total. The van der Waals surface area contributed by atoms with Crippen molar-refractivity contribution in [2.24, 2.45) is 10.8 Å². The van der Waals surface area contributed by atoms with Gasteiger partial charge < -0.3 is 4.74 Å². The van der Waals surface area contributed by atoms with Crippen LogP contribution in [0.1, 0.15) is 33.6 Å². The predicted octanol–water partition coefficient (Wildman–Crippen LogP) is 3.35. The third-order valence-electron chi connectivity index (χ3n) is 3.06. The summed E-state index contributed by atoms with van der Waals surface area (Å²) in [4.78, 5) is 11.9. The minimum Gasteiger partial charge on any atom is -0.468 e. The first-order valence-corrected chi connectivity index (χ1v) is 6.84. The van der Waals surface area contributed by atoms with Crippen molar-refractivity contribution in [2.75, 3.05) is 18.6 Å². The first-order valence-electron chi connectivity index (χ1n) is 5.69. The molecule has 1 saturated heterocycles. The molecule has 0 radical (unpaired) electrons. The first-order chi connectivity index (χ1) is 7.65. The van der Waals surface area contributed by atoms with Gasteiger partial charge in [-0.25, -0.2) is 8.78 Å². The number of methoxy groups -OCH3 is 1. The zero-order valence-electron chi connectivity index (χ0n) is 10.8. The summed E-state index contributed by atoms with van der Waals surface area (Å²) in [6, 6.07) is 0. The lowest BCUT2D eigenvalue weighted by molar-refractivity contribution is -0.185. The Balaban J connectivity index is 3.12. The molecule has 0 amide bonds. The van der Waals surface area contributed by atoms with Crippen LogP contribution in [-0.4, -0.2) is 30.5 Å². The zero-order valence-corrected chi connectivity index (χ0v) is 11.6. The van der Waals surface area contributed by atoms with E-state index < -0.39 is 17.3 Å². The van der Waals surface area contributed by atoms with Crippen molar-refractivity contribution in [3.05, 3.63) is 0 Å². The molecule has 1 aliphatic heterocycles. The van der Waals surface area contributed by atoms with Gasteiger partial charge in [0, 0.05) is 0 Å². The number of hydrogen-bond acceptors (Lipinski definition) is 3. The Labute approximate surface area is 105 Å². The molecule has 100 valence electrons. The van der Waals surface area contributed by atoms with Crippen molar-refractivity contribution in [1.29, 1.82) is 0 Å². The van der Waals surface area contributed by atoms with Crippen molar-refractivity contribution in [1.82, 2.24) is 0 Å². The second-order valence-electron chi connectivity index (χ2n) is 5.82. The summed E-state index contributed by atoms with van der Waals surface area (Å²) in [6.07, 6.45) is 0.342. The van der Waals surface area contributed by atoms with Crippen LogP contribution in [0.25, 0.3) is 0 Å². The fourth-order valence-electron chi connectivity index (χ4n) is 2.41. The highest BCUT2D eigenvalue weighted by molar-refractivity contribution is 7.99. The van der Waals surface area contributed by atoms with Crippen LogP contribution >= 0.6 is 11.8 Å². The maximum Gasteiger partial charge on any atom is 0.318 e. The lowest BCUT2D eigenvalue weighted by atomic mass is 9.68. The summed E-state index contributed by atoms with van der Waals surface area (Å²) < 4.78 is 33.0. The summed E-state index contributed by atoms with van der Waals surface area (Å²) in [7, 11) is 1.19. The summed E-state index contributed by atoms with van der Waals surface area (Å²) in [5.41, 5.74) is -1.98. The van der Waals surface area contributed by atoms with Gasteiger partial charge >= 0.3 is 5.97 Å². The number of hydrogen-bond donors (Lipinski definition) is 0. The van der Waals surface area contributed by atoms with Gasteiger partial charge in [-0.2, -0.15) is 11.8 Å². The second kappa shape index (κ2) is 4.75. The molecule has 1 atom stereocenters. The van der Waals surface area contributed by atoms with Crippen molar-refractivity contribution in [3.63, 3.8) is 0 Å². The molecule has 0 saturated carbocycles. The normalized spacial score (nSPS) is 28.8. The van der Waals surface area contributed by atoms with Gasteiger partial charge in [0.05, 0.1) is 12.9 Å². The highest BCUT2D eigenvalue weighted by Crippen LogP contribution is 2.53. The van der Waals surface area contributed by atoms with Crippen LogP contribution in [0.4, 0.5) is 8.78 Å². The van der Waals surface area contributed by atoms with Gasteiger partial charge in [0.15, 0.2) is 0 Å². The molecule has 0 bridgehead atoms. The predicted molar refractivity (Wildman–Crippen MR) is 65.4 cm³/mol. The minimum atomic E-state index is -2.99. The van der Waals surface area contributed by atoms with Gasteiger partial charge in [-0.1, -0.05) is 20.8 Å². The van der Waals surface area contributed by atoms with Crippen LogP contribution in [0.2, 0.25) is 0 Å². The Morgan fingerprint density at radius 3 is 2.41 bits per heavy atom. The van der Waals surface area contributed by atoms with E-state index in [1.54, 1.807) is 0 Å². The molecule has 0 aromatic rings. The largest absolute Gasteiger partial charge is 0.468 e.